The summed E-state index contributed by atoms with van der Waals surface area (Å²) in [5.41, 5.74) is 0. The number of para-hydroxylation sites is 1. The maximum Gasteiger partial charge on any atom is 0.223 e. The molecule has 1 aromatic rings. The monoisotopic (exact) mass is 459 g/mol. The largest absolute Gasteiger partial charge is 0.463 e. The Hall–Kier alpha value is -1.87. The molecule has 0 aliphatic carbocycles. The standard InChI is InChI=1S/C20H29NO11/c1-9(24)21-13-18(32-20-17(28)16(27)14(25)11(7-22)31-20)15(26)12(8-23)30-19(13)29-10-5-3-2-4-6-10/h2-6,11-20,22-23,25-28H,7-8H2,1H3,(H,21,24)/t11-,12-,13+,14+,15+,16+,17-,18-,19+,20+/m1/s1. The van der Waals surface area contributed by atoms with Gasteiger partial charge in [-0.25, -0.2) is 0 Å². The van der Waals surface area contributed by atoms with Gasteiger partial charge in [0.05, 0.1) is 13.2 Å². The van der Waals surface area contributed by atoms with E-state index in [1.165, 1.54) is 6.92 Å². The molecule has 0 unspecified atom stereocenters. The molecule has 1 aromatic carbocycles. The molecule has 12 heteroatoms. The van der Waals surface area contributed by atoms with E-state index in [9.17, 15) is 35.4 Å². The Morgan fingerprint density at radius 1 is 0.906 bits per heavy atom. The highest BCUT2D eigenvalue weighted by Crippen LogP contribution is 2.30. The van der Waals surface area contributed by atoms with Crippen LogP contribution in [0.5, 0.6) is 5.75 Å². The van der Waals surface area contributed by atoms with Crippen LogP contribution in [0.4, 0.5) is 0 Å². The van der Waals surface area contributed by atoms with Crippen molar-refractivity contribution < 1.29 is 54.4 Å². The molecule has 10 atom stereocenters. The summed E-state index contributed by atoms with van der Waals surface area (Å²) in [6.07, 6.45) is -13.1. The van der Waals surface area contributed by atoms with Crippen molar-refractivity contribution in [3.05, 3.63) is 30.3 Å². The van der Waals surface area contributed by atoms with Crippen LogP contribution in [0.3, 0.4) is 0 Å². The number of carbonyl (C=O) groups is 1. The van der Waals surface area contributed by atoms with E-state index in [2.05, 4.69) is 5.32 Å². The third-order valence-electron chi connectivity index (χ3n) is 5.36. The summed E-state index contributed by atoms with van der Waals surface area (Å²) in [5.74, 6) is -0.121. The number of nitrogens with one attached hydrogen (secondary N) is 1. The number of hydrogen-bond donors (Lipinski definition) is 7. The van der Waals surface area contributed by atoms with Crippen molar-refractivity contribution in [3.63, 3.8) is 0 Å². The number of benzene rings is 1. The number of aliphatic hydroxyl groups excluding tert-OH is 6. The van der Waals surface area contributed by atoms with Crippen LogP contribution in [0.15, 0.2) is 30.3 Å². The highest BCUT2D eigenvalue weighted by molar-refractivity contribution is 5.73. The molecule has 0 spiro atoms. The fraction of sp³-hybridized carbons (Fsp3) is 0.650. The second kappa shape index (κ2) is 10.8. The Morgan fingerprint density at radius 3 is 2.09 bits per heavy atom. The molecule has 12 nitrogen and oxygen atoms in total. The van der Waals surface area contributed by atoms with Crippen molar-refractivity contribution in [1.29, 1.82) is 0 Å². The van der Waals surface area contributed by atoms with E-state index in [-0.39, 0.29) is 0 Å². The van der Waals surface area contributed by atoms with Gasteiger partial charge in [-0.2, -0.15) is 0 Å². The summed E-state index contributed by atoms with van der Waals surface area (Å²) in [6.45, 7) is -0.0541. The first-order chi connectivity index (χ1) is 15.3. The predicted molar refractivity (Wildman–Crippen MR) is 105 cm³/mol. The highest BCUT2D eigenvalue weighted by Gasteiger charge is 2.52. The Bertz CT molecular complexity index is 736. The summed E-state index contributed by atoms with van der Waals surface area (Å²) >= 11 is 0. The van der Waals surface area contributed by atoms with E-state index in [4.69, 9.17) is 18.9 Å². The van der Waals surface area contributed by atoms with Crippen LogP contribution in [0, 0.1) is 0 Å². The summed E-state index contributed by atoms with van der Waals surface area (Å²) in [7, 11) is 0. The zero-order valence-corrected chi connectivity index (χ0v) is 17.3. The van der Waals surface area contributed by atoms with Crippen molar-refractivity contribution in [2.75, 3.05) is 13.2 Å². The normalized spacial score (nSPS) is 40.0. The van der Waals surface area contributed by atoms with Crippen molar-refractivity contribution >= 4 is 5.91 Å². The number of rotatable bonds is 7. The summed E-state index contributed by atoms with van der Waals surface area (Å²) in [5, 5.41) is 62.7. The number of hydrogen-bond acceptors (Lipinski definition) is 11. The fourth-order valence-electron chi connectivity index (χ4n) is 3.69. The molecular weight excluding hydrogens is 430 g/mol. The Balaban J connectivity index is 1.87. The molecule has 2 saturated heterocycles. The first kappa shape index (κ1) is 24.8. The molecule has 0 radical (unpaired) electrons. The van der Waals surface area contributed by atoms with E-state index >= 15 is 0 Å². The van der Waals surface area contributed by atoms with Gasteiger partial charge in [0.25, 0.3) is 0 Å². The lowest BCUT2D eigenvalue weighted by molar-refractivity contribution is -0.339. The zero-order chi connectivity index (χ0) is 23.4. The van der Waals surface area contributed by atoms with Gasteiger partial charge >= 0.3 is 0 Å². The molecule has 1 amide bonds. The lowest BCUT2D eigenvalue weighted by Gasteiger charge is -2.47. The molecule has 2 heterocycles. The van der Waals surface area contributed by atoms with Crippen molar-refractivity contribution in [3.8, 4) is 5.75 Å². The molecule has 2 fully saturated rings. The predicted octanol–water partition coefficient (Wildman–Crippen LogP) is -3.17. The van der Waals surface area contributed by atoms with Crippen LogP contribution >= 0.6 is 0 Å². The van der Waals surface area contributed by atoms with E-state index in [1.807, 2.05) is 0 Å². The molecule has 0 bridgehead atoms. The van der Waals surface area contributed by atoms with Gasteiger partial charge in [0.15, 0.2) is 6.29 Å². The number of ether oxygens (including phenoxy) is 4. The SMILES string of the molecule is CC(=O)N[C@@H]1[C@@H](Oc2ccccc2)O[C@H](CO)[C@H](O)[C@@H]1O[C@@H]1O[C@H](CO)[C@H](O)[C@H](O)[C@H]1O. The van der Waals surface area contributed by atoms with Gasteiger partial charge in [-0.05, 0) is 12.1 Å². The molecule has 2 aliphatic rings. The summed E-state index contributed by atoms with van der Waals surface area (Å²) in [4.78, 5) is 11.9. The van der Waals surface area contributed by atoms with E-state index in [0.717, 1.165) is 0 Å². The number of amides is 1. The van der Waals surface area contributed by atoms with Crippen molar-refractivity contribution in [1.82, 2.24) is 5.32 Å². The van der Waals surface area contributed by atoms with Gasteiger partial charge in [-0.3, -0.25) is 4.79 Å². The minimum absolute atomic E-state index is 0.382. The second-order valence-electron chi connectivity index (χ2n) is 7.67. The topological polar surface area (TPSA) is 187 Å². The lowest BCUT2D eigenvalue weighted by atomic mass is 9.95. The maximum absolute atomic E-state index is 11.9. The third-order valence-corrected chi connectivity index (χ3v) is 5.36. The first-order valence-electron chi connectivity index (χ1n) is 10.2. The zero-order valence-electron chi connectivity index (χ0n) is 17.3. The third kappa shape index (κ3) is 5.36. The van der Waals surface area contributed by atoms with Crippen LogP contribution < -0.4 is 10.1 Å². The molecule has 0 saturated carbocycles. The highest BCUT2D eigenvalue weighted by atomic mass is 16.7. The summed E-state index contributed by atoms with van der Waals surface area (Å²) in [6, 6.07) is 7.35. The van der Waals surface area contributed by atoms with Crippen LogP contribution in [-0.2, 0) is 19.0 Å². The maximum atomic E-state index is 11.9. The first-order valence-corrected chi connectivity index (χ1v) is 10.2. The quantitative estimate of drug-likeness (QED) is 0.218. The number of aliphatic hydroxyl groups is 6. The van der Waals surface area contributed by atoms with E-state index in [1.54, 1.807) is 30.3 Å². The minimum Gasteiger partial charge on any atom is -0.463 e. The van der Waals surface area contributed by atoms with Gasteiger partial charge in [0.1, 0.15) is 54.5 Å². The Kier molecular flexibility index (Phi) is 8.38. The van der Waals surface area contributed by atoms with Gasteiger partial charge in [-0.15, -0.1) is 0 Å². The van der Waals surface area contributed by atoms with Crippen LogP contribution in [0.1, 0.15) is 6.92 Å². The van der Waals surface area contributed by atoms with Crippen LogP contribution in [-0.4, -0.2) is 111 Å². The molecule has 32 heavy (non-hydrogen) atoms. The van der Waals surface area contributed by atoms with Gasteiger partial charge in [0, 0.05) is 6.92 Å². The molecule has 7 N–H and O–H groups in total. The summed E-state index contributed by atoms with van der Waals surface area (Å²) < 4.78 is 22.5. The van der Waals surface area contributed by atoms with Gasteiger partial charge in [0.2, 0.25) is 12.2 Å². The fourth-order valence-corrected chi connectivity index (χ4v) is 3.69. The minimum atomic E-state index is -1.73. The van der Waals surface area contributed by atoms with Crippen molar-refractivity contribution in [2.24, 2.45) is 0 Å². The second-order valence-corrected chi connectivity index (χ2v) is 7.67. The Labute approximate surface area is 183 Å². The van der Waals surface area contributed by atoms with E-state index < -0.39 is 80.5 Å². The molecule has 2 aliphatic heterocycles. The average molecular weight is 459 g/mol. The Morgan fingerprint density at radius 2 is 1.50 bits per heavy atom. The van der Waals surface area contributed by atoms with E-state index in [0.29, 0.717) is 5.75 Å². The molecular formula is C20H29NO11. The van der Waals surface area contributed by atoms with Crippen molar-refractivity contribution in [2.45, 2.75) is 68.3 Å². The lowest BCUT2D eigenvalue weighted by Crippen LogP contribution is -2.68. The molecule has 3 rings (SSSR count). The molecule has 180 valence electrons. The molecule has 0 aromatic heterocycles. The van der Waals surface area contributed by atoms with Crippen LogP contribution in [0.25, 0.3) is 0 Å². The number of carbonyl (C=O) groups excluding carboxylic acids is 1. The average Bonchev–Trinajstić information content (AvgIpc) is 2.78. The van der Waals surface area contributed by atoms with Gasteiger partial charge < -0.3 is 54.9 Å². The van der Waals surface area contributed by atoms with Gasteiger partial charge in [-0.1, -0.05) is 18.2 Å². The smallest absolute Gasteiger partial charge is 0.223 e. The van der Waals surface area contributed by atoms with Crippen LogP contribution in [0.2, 0.25) is 0 Å².